The first-order valence-electron chi connectivity index (χ1n) is 6.64. The molecule has 0 aliphatic carbocycles. The summed E-state index contributed by atoms with van der Waals surface area (Å²) < 4.78 is 0. The number of hydrogen-bond acceptors (Lipinski definition) is 3. The maximum atomic E-state index is 6.35. The molecule has 1 aliphatic rings. The Labute approximate surface area is 109 Å². The van der Waals surface area contributed by atoms with Gasteiger partial charge in [0.25, 0.3) is 0 Å². The van der Waals surface area contributed by atoms with Crippen molar-refractivity contribution in [2.45, 2.75) is 45.7 Å². The topological polar surface area (TPSA) is 29.3 Å². The maximum Gasteiger partial charge on any atom is 0.0593 e. The van der Waals surface area contributed by atoms with Crippen LogP contribution >= 0.6 is 11.3 Å². The number of aryl methyl sites for hydroxylation is 1. The highest BCUT2D eigenvalue weighted by Gasteiger charge is 2.31. The summed E-state index contributed by atoms with van der Waals surface area (Å²) in [4.78, 5) is 5.43. The average molecular weight is 252 g/mol. The van der Waals surface area contributed by atoms with Gasteiger partial charge < -0.3 is 5.73 Å². The number of thiophene rings is 1. The van der Waals surface area contributed by atoms with Crippen molar-refractivity contribution in [1.82, 2.24) is 4.90 Å². The van der Waals surface area contributed by atoms with Crippen molar-refractivity contribution in [3.05, 3.63) is 21.9 Å². The molecule has 3 heteroatoms. The van der Waals surface area contributed by atoms with E-state index in [4.69, 9.17) is 5.73 Å². The highest BCUT2D eigenvalue weighted by Crippen LogP contribution is 2.34. The zero-order chi connectivity index (χ0) is 12.4. The molecule has 2 atom stereocenters. The lowest BCUT2D eigenvalue weighted by Crippen LogP contribution is -2.46. The third kappa shape index (κ3) is 3.09. The van der Waals surface area contributed by atoms with Crippen molar-refractivity contribution >= 4 is 11.3 Å². The zero-order valence-electron chi connectivity index (χ0n) is 11.1. The molecule has 0 saturated carbocycles. The molecule has 2 unspecified atom stereocenters. The minimum atomic E-state index is 0.306. The van der Waals surface area contributed by atoms with Gasteiger partial charge in [-0.05, 0) is 44.4 Å². The zero-order valence-corrected chi connectivity index (χ0v) is 12.0. The third-order valence-corrected chi connectivity index (χ3v) is 4.51. The molecule has 1 aliphatic heterocycles. The predicted octanol–water partition coefficient (Wildman–Crippen LogP) is 3.18. The smallest absolute Gasteiger partial charge is 0.0593 e. The summed E-state index contributed by atoms with van der Waals surface area (Å²) in [6.45, 7) is 9.12. The second-order valence-corrected chi connectivity index (χ2v) is 6.91. The van der Waals surface area contributed by atoms with Crippen molar-refractivity contribution in [3.63, 3.8) is 0 Å². The van der Waals surface area contributed by atoms with Crippen LogP contribution in [0.3, 0.4) is 0 Å². The Kier molecular flexibility index (Phi) is 4.23. The van der Waals surface area contributed by atoms with Gasteiger partial charge in [0.1, 0.15) is 0 Å². The van der Waals surface area contributed by atoms with Crippen molar-refractivity contribution in [1.29, 1.82) is 0 Å². The van der Waals surface area contributed by atoms with Gasteiger partial charge in [-0.15, -0.1) is 11.3 Å². The molecular formula is C14H24N2S. The number of nitrogens with zero attached hydrogens (tertiary/aromatic N) is 1. The number of rotatable bonds is 3. The van der Waals surface area contributed by atoms with E-state index < -0.39 is 0 Å². The van der Waals surface area contributed by atoms with Crippen LogP contribution in [0.4, 0.5) is 0 Å². The van der Waals surface area contributed by atoms with Gasteiger partial charge in [-0.25, -0.2) is 0 Å². The Morgan fingerprint density at radius 1 is 1.47 bits per heavy atom. The quantitative estimate of drug-likeness (QED) is 0.895. The van der Waals surface area contributed by atoms with Crippen LogP contribution < -0.4 is 5.73 Å². The highest BCUT2D eigenvalue weighted by molar-refractivity contribution is 7.12. The molecule has 96 valence electrons. The molecule has 1 aromatic rings. The average Bonchev–Trinajstić information content (AvgIpc) is 2.64. The van der Waals surface area contributed by atoms with Gasteiger partial charge in [-0.2, -0.15) is 0 Å². The van der Waals surface area contributed by atoms with Gasteiger partial charge in [-0.3, -0.25) is 4.90 Å². The van der Waals surface area contributed by atoms with Crippen molar-refractivity contribution < 1.29 is 0 Å². The Balaban J connectivity index is 2.18. The largest absolute Gasteiger partial charge is 0.326 e. The predicted molar refractivity (Wildman–Crippen MR) is 75.4 cm³/mol. The van der Waals surface area contributed by atoms with E-state index in [9.17, 15) is 0 Å². The monoisotopic (exact) mass is 252 g/mol. The number of likely N-dealkylation sites (tertiary alicyclic amines) is 1. The summed E-state index contributed by atoms with van der Waals surface area (Å²) in [5.41, 5.74) is 6.35. The first kappa shape index (κ1) is 13.1. The second-order valence-electron chi connectivity index (χ2n) is 5.59. The first-order chi connectivity index (χ1) is 8.08. The Morgan fingerprint density at radius 2 is 2.24 bits per heavy atom. The lowest BCUT2D eigenvalue weighted by atomic mass is 9.94. The van der Waals surface area contributed by atoms with Crippen LogP contribution in [0.2, 0.25) is 0 Å². The van der Waals surface area contributed by atoms with Crippen molar-refractivity contribution in [2.75, 3.05) is 13.1 Å². The second kappa shape index (κ2) is 5.51. The fraction of sp³-hybridized carbons (Fsp3) is 0.714. The molecule has 0 radical (unpaired) electrons. The van der Waals surface area contributed by atoms with E-state index in [2.05, 4.69) is 37.8 Å². The summed E-state index contributed by atoms with van der Waals surface area (Å²) in [6.07, 6.45) is 2.41. The summed E-state index contributed by atoms with van der Waals surface area (Å²) in [7, 11) is 0. The fourth-order valence-corrected chi connectivity index (χ4v) is 3.86. The fourth-order valence-electron chi connectivity index (χ4n) is 2.78. The van der Waals surface area contributed by atoms with Crippen LogP contribution in [0, 0.1) is 12.8 Å². The summed E-state index contributed by atoms with van der Waals surface area (Å²) in [6, 6.07) is 5.24. The molecular weight excluding hydrogens is 228 g/mol. The molecule has 2 N–H and O–H groups in total. The minimum absolute atomic E-state index is 0.306. The van der Waals surface area contributed by atoms with E-state index in [0.717, 1.165) is 13.0 Å². The van der Waals surface area contributed by atoms with Gasteiger partial charge in [0.15, 0.2) is 0 Å². The van der Waals surface area contributed by atoms with Gasteiger partial charge in [0, 0.05) is 22.3 Å². The van der Waals surface area contributed by atoms with E-state index in [-0.39, 0.29) is 0 Å². The summed E-state index contributed by atoms with van der Waals surface area (Å²) >= 11 is 1.91. The molecule has 1 saturated heterocycles. The maximum absolute atomic E-state index is 6.35. The normalized spacial score (nSPS) is 26.6. The molecule has 1 fully saturated rings. The molecule has 2 heterocycles. The van der Waals surface area contributed by atoms with Gasteiger partial charge in [-0.1, -0.05) is 13.8 Å². The van der Waals surface area contributed by atoms with Crippen LogP contribution in [-0.2, 0) is 0 Å². The Morgan fingerprint density at radius 3 is 2.82 bits per heavy atom. The van der Waals surface area contributed by atoms with Gasteiger partial charge >= 0.3 is 0 Å². The summed E-state index contributed by atoms with van der Waals surface area (Å²) in [5, 5.41) is 0. The molecule has 2 rings (SSSR count). The van der Waals surface area contributed by atoms with Crippen LogP contribution in [0.1, 0.15) is 42.5 Å². The lowest BCUT2D eigenvalue weighted by molar-refractivity contribution is 0.116. The lowest BCUT2D eigenvalue weighted by Gasteiger charge is -2.40. The molecule has 0 amide bonds. The third-order valence-electron chi connectivity index (χ3n) is 3.43. The van der Waals surface area contributed by atoms with Crippen LogP contribution in [0.15, 0.2) is 12.1 Å². The van der Waals surface area contributed by atoms with E-state index >= 15 is 0 Å². The van der Waals surface area contributed by atoms with Crippen LogP contribution in [0.5, 0.6) is 0 Å². The summed E-state index contributed by atoms with van der Waals surface area (Å²) in [5.74, 6) is 0.712. The SMILES string of the molecule is Cc1ccc(C2C(N)CCCN2CC(C)C)s1. The van der Waals surface area contributed by atoms with E-state index in [1.807, 2.05) is 11.3 Å². The molecule has 1 aromatic heterocycles. The Bertz CT molecular complexity index is 359. The van der Waals surface area contributed by atoms with Crippen molar-refractivity contribution in [3.8, 4) is 0 Å². The molecule has 17 heavy (non-hydrogen) atoms. The number of piperidine rings is 1. The minimum Gasteiger partial charge on any atom is -0.326 e. The van der Waals surface area contributed by atoms with E-state index in [0.29, 0.717) is 18.0 Å². The Hall–Kier alpha value is -0.380. The molecule has 2 nitrogen and oxygen atoms in total. The molecule has 0 spiro atoms. The molecule has 0 bridgehead atoms. The van der Waals surface area contributed by atoms with Gasteiger partial charge in [0.2, 0.25) is 0 Å². The first-order valence-corrected chi connectivity index (χ1v) is 7.45. The highest BCUT2D eigenvalue weighted by atomic mass is 32.1. The molecule has 0 aromatic carbocycles. The van der Waals surface area contributed by atoms with E-state index in [1.54, 1.807) is 0 Å². The van der Waals surface area contributed by atoms with E-state index in [1.165, 1.54) is 22.7 Å². The standard InChI is InChI=1S/C14H24N2S/c1-10(2)9-16-8-4-5-12(15)14(16)13-7-6-11(3)17-13/h6-7,10,12,14H,4-5,8-9,15H2,1-3H3. The number of nitrogens with two attached hydrogens (primary N) is 1. The van der Waals surface area contributed by atoms with Crippen LogP contribution in [-0.4, -0.2) is 24.0 Å². The van der Waals surface area contributed by atoms with Crippen LogP contribution in [0.25, 0.3) is 0 Å². The number of hydrogen-bond donors (Lipinski definition) is 1. The van der Waals surface area contributed by atoms with Crippen molar-refractivity contribution in [2.24, 2.45) is 11.7 Å². The van der Waals surface area contributed by atoms with Gasteiger partial charge in [0.05, 0.1) is 6.04 Å².